The summed E-state index contributed by atoms with van der Waals surface area (Å²) in [5, 5.41) is 0. The monoisotopic (exact) mass is 217 g/mol. The van der Waals surface area contributed by atoms with Gasteiger partial charge in [-0.3, -0.25) is 0 Å². The van der Waals surface area contributed by atoms with Crippen molar-refractivity contribution in [3.8, 4) is 16.9 Å². The highest BCUT2D eigenvalue weighted by Gasteiger charge is 2.07. The van der Waals surface area contributed by atoms with Crippen LogP contribution in [0.3, 0.4) is 0 Å². The van der Waals surface area contributed by atoms with E-state index < -0.39 is 0 Å². The lowest BCUT2D eigenvalue weighted by Gasteiger charge is -2.05. The number of nitrogens with two attached hydrogens (primary N) is 1. The van der Waals surface area contributed by atoms with Crippen molar-refractivity contribution in [3.63, 3.8) is 0 Å². The molecule has 16 heavy (non-hydrogen) atoms. The van der Waals surface area contributed by atoms with E-state index in [0.29, 0.717) is 13.2 Å². The largest absolute Gasteiger partial charge is 0.494 e. The number of ether oxygens (including phenoxy) is 1. The molecule has 0 aliphatic rings. The summed E-state index contributed by atoms with van der Waals surface area (Å²) < 4.78 is 10.8. The van der Waals surface area contributed by atoms with Gasteiger partial charge in [-0.1, -0.05) is 12.1 Å². The first kappa shape index (κ1) is 10.8. The molecular formula is C13H15NO2. The Morgan fingerprint density at radius 3 is 2.94 bits per heavy atom. The van der Waals surface area contributed by atoms with E-state index in [2.05, 4.69) is 0 Å². The number of hydrogen-bond donors (Lipinski definition) is 1. The second kappa shape index (κ2) is 4.86. The van der Waals surface area contributed by atoms with E-state index in [1.54, 1.807) is 6.26 Å². The summed E-state index contributed by atoms with van der Waals surface area (Å²) in [6.07, 6.45) is 1.66. The van der Waals surface area contributed by atoms with Crippen LogP contribution in [0.2, 0.25) is 0 Å². The van der Waals surface area contributed by atoms with Gasteiger partial charge < -0.3 is 14.9 Å². The number of furan rings is 1. The van der Waals surface area contributed by atoms with Crippen molar-refractivity contribution in [1.82, 2.24) is 0 Å². The van der Waals surface area contributed by atoms with Gasteiger partial charge in [-0.25, -0.2) is 0 Å². The van der Waals surface area contributed by atoms with Crippen LogP contribution in [0.25, 0.3) is 11.1 Å². The molecule has 2 rings (SSSR count). The molecule has 1 heterocycles. The van der Waals surface area contributed by atoms with Crippen LogP contribution in [0.15, 0.2) is 41.0 Å². The van der Waals surface area contributed by atoms with Crippen molar-refractivity contribution >= 4 is 0 Å². The van der Waals surface area contributed by atoms with Crippen LogP contribution in [0.5, 0.6) is 5.75 Å². The van der Waals surface area contributed by atoms with Crippen LogP contribution < -0.4 is 10.5 Å². The lowest BCUT2D eigenvalue weighted by atomic mass is 10.1. The van der Waals surface area contributed by atoms with Gasteiger partial charge in [-0.2, -0.15) is 0 Å². The van der Waals surface area contributed by atoms with E-state index in [1.807, 2.05) is 37.3 Å². The fraction of sp³-hybridized carbons (Fsp3) is 0.231. The Bertz CT molecular complexity index is 462. The summed E-state index contributed by atoms with van der Waals surface area (Å²) in [5.74, 6) is 1.66. The summed E-state index contributed by atoms with van der Waals surface area (Å²) in [5.41, 5.74) is 7.71. The van der Waals surface area contributed by atoms with Gasteiger partial charge in [0.2, 0.25) is 0 Å². The molecule has 0 aliphatic heterocycles. The maximum atomic E-state index is 5.60. The van der Waals surface area contributed by atoms with Crippen molar-refractivity contribution in [2.75, 3.05) is 6.61 Å². The average Bonchev–Trinajstić information content (AvgIpc) is 2.78. The smallest absolute Gasteiger partial charge is 0.125 e. The van der Waals surface area contributed by atoms with Gasteiger partial charge in [0.1, 0.15) is 11.5 Å². The maximum absolute atomic E-state index is 5.60. The first-order valence-corrected chi connectivity index (χ1v) is 5.34. The lowest BCUT2D eigenvalue weighted by Crippen LogP contribution is -1.96. The number of hydrogen-bond acceptors (Lipinski definition) is 3. The molecule has 1 aromatic carbocycles. The first-order valence-electron chi connectivity index (χ1n) is 5.34. The highest BCUT2D eigenvalue weighted by atomic mass is 16.5. The van der Waals surface area contributed by atoms with E-state index in [-0.39, 0.29) is 0 Å². The molecule has 0 radical (unpaired) electrons. The second-order valence-corrected chi connectivity index (χ2v) is 3.42. The molecule has 0 bridgehead atoms. The zero-order chi connectivity index (χ0) is 11.4. The molecule has 84 valence electrons. The van der Waals surface area contributed by atoms with Gasteiger partial charge in [0.15, 0.2) is 0 Å². The zero-order valence-corrected chi connectivity index (χ0v) is 9.27. The molecule has 0 amide bonds. The molecule has 0 spiro atoms. The SMILES string of the molecule is CCOc1cccc(-c2ccoc2CN)c1. The molecule has 0 saturated carbocycles. The van der Waals surface area contributed by atoms with E-state index in [0.717, 1.165) is 22.6 Å². The van der Waals surface area contributed by atoms with Crippen LogP contribution in [0.1, 0.15) is 12.7 Å². The Morgan fingerprint density at radius 1 is 1.31 bits per heavy atom. The minimum absolute atomic E-state index is 0.404. The third kappa shape index (κ3) is 2.09. The highest BCUT2D eigenvalue weighted by molar-refractivity contribution is 5.66. The van der Waals surface area contributed by atoms with E-state index >= 15 is 0 Å². The lowest BCUT2D eigenvalue weighted by molar-refractivity contribution is 0.340. The van der Waals surface area contributed by atoms with Gasteiger partial charge in [-0.05, 0) is 30.7 Å². The molecule has 0 unspecified atom stereocenters. The van der Waals surface area contributed by atoms with Crippen molar-refractivity contribution in [2.24, 2.45) is 5.73 Å². The van der Waals surface area contributed by atoms with Gasteiger partial charge in [0.25, 0.3) is 0 Å². The summed E-state index contributed by atoms with van der Waals surface area (Å²) in [6, 6.07) is 9.84. The molecule has 0 fully saturated rings. The second-order valence-electron chi connectivity index (χ2n) is 3.42. The fourth-order valence-corrected chi connectivity index (χ4v) is 1.68. The molecule has 2 N–H and O–H groups in total. The predicted octanol–water partition coefficient (Wildman–Crippen LogP) is 2.80. The van der Waals surface area contributed by atoms with Crippen LogP contribution in [-0.2, 0) is 6.54 Å². The molecule has 3 nitrogen and oxygen atoms in total. The molecule has 1 aromatic heterocycles. The van der Waals surface area contributed by atoms with Crippen LogP contribution in [0, 0.1) is 0 Å². The third-order valence-electron chi connectivity index (χ3n) is 2.39. The summed E-state index contributed by atoms with van der Waals surface area (Å²) >= 11 is 0. The van der Waals surface area contributed by atoms with Crippen molar-refractivity contribution < 1.29 is 9.15 Å². The molecular weight excluding hydrogens is 202 g/mol. The summed E-state index contributed by atoms with van der Waals surface area (Å²) in [6.45, 7) is 3.04. The molecule has 0 aliphatic carbocycles. The number of benzene rings is 1. The van der Waals surface area contributed by atoms with Gasteiger partial charge >= 0.3 is 0 Å². The fourth-order valence-electron chi connectivity index (χ4n) is 1.68. The predicted molar refractivity (Wildman–Crippen MR) is 63.2 cm³/mol. The minimum atomic E-state index is 0.404. The molecule has 0 atom stereocenters. The highest BCUT2D eigenvalue weighted by Crippen LogP contribution is 2.27. The van der Waals surface area contributed by atoms with Crippen LogP contribution in [-0.4, -0.2) is 6.61 Å². The Kier molecular flexibility index (Phi) is 3.27. The minimum Gasteiger partial charge on any atom is -0.494 e. The zero-order valence-electron chi connectivity index (χ0n) is 9.27. The normalized spacial score (nSPS) is 10.4. The number of rotatable bonds is 4. The Balaban J connectivity index is 2.36. The van der Waals surface area contributed by atoms with Gasteiger partial charge in [0, 0.05) is 5.56 Å². The summed E-state index contributed by atoms with van der Waals surface area (Å²) in [4.78, 5) is 0. The van der Waals surface area contributed by atoms with E-state index in [1.165, 1.54) is 0 Å². The standard InChI is InChI=1S/C13H15NO2/c1-2-15-11-5-3-4-10(8-11)12-6-7-16-13(12)9-14/h3-8H,2,9,14H2,1H3. The Morgan fingerprint density at radius 2 is 2.19 bits per heavy atom. The van der Waals surface area contributed by atoms with E-state index in [4.69, 9.17) is 14.9 Å². The topological polar surface area (TPSA) is 48.4 Å². The van der Waals surface area contributed by atoms with E-state index in [9.17, 15) is 0 Å². The Labute approximate surface area is 94.8 Å². The molecule has 2 aromatic rings. The maximum Gasteiger partial charge on any atom is 0.125 e. The van der Waals surface area contributed by atoms with Gasteiger partial charge in [-0.15, -0.1) is 0 Å². The van der Waals surface area contributed by atoms with Crippen molar-refractivity contribution in [1.29, 1.82) is 0 Å². The van der Waals surface area contributed by atoms with Crippen LogP contribution >= 0.6 is 0 Å². The first-order chi connectivity index (χ1) is 7.85. The van der Waals surface area contributed by atoms with Crippen molar-refractivity contribution in [3.05, 3.63) is 42.4 Å². The average molecular weight is 217 g/mol. The quantitative estimate of drug-likeness (QED) is 0.856. The van der Waals surface area contributed by atoms with Crippen LogP contribution in [0.4, 0.5) is 0 Å². The Hall–Kier alpha value is -1.74. The molecule has 0 saturated heterocycles. The van der Waals surface area contributed by atoms with Gasteiger partial charge in [0.05, 0.1) is 19.4 Å². The molecule has 3 heteroatoms. The summed E-state index contributed by atoms with van der Waals surface area (Å²) in [7, 11) is 0. The van der Waals surface area contributed by atoms with Crippen molar-refractivity contribution in [2.45, 2.75) is 13.5 Å². The third-order valence-corrected chi connectivity index (χ3v) is 2.39.